The van der Waals surface area contributed by atoms with Crippen molar-refractivity contribution in [1.29, 1.82) is 5.26 Å². The van der Waals surface area contributed by atoms with Crippen LogP contribution in [0.15, 0.2) is 59.1 Å². The number of benzene rings is 2. The summed E-state index contributed by atoms with van der Waals surface area (Å²) in [6.07, 6.45) is 0.596. The molecule has 1 aliphatic rings. The van der Waals surface area contributed by atoms with E-state index in [4.69, 9.17) is 4.74 Å². The van der Waals surface area contributed by atoms with E-state index in [0.717, 1.165) is 5.56 Å². The average molecular weight is 422 g/mol. The third kappa shape index (κ3) is 4.50. The van der Waals surface area contributed by atoms with Crippen LogP contribution in [0.1, 0.15) is 25.8 Å². The van der Waals surface area contributed by atoms with Gasteiger partial charge < -0.3 is 10.1 Å². The Kier molecular flexibility index (Phi) is 6.80. The summed E-state index contributed by atoms with van der Waals surface area (Å²) in [5, 5.41) is 12.5. The van der Waals surface area contributed by atoms with Crippen LogP contribution in [0, 0.1) is 18.3 Å². The zero-order valence-corrected chi connectivity index (χ0v) is 18.0. The van der Waals surface area contributed by atoms with Crippen molar-refractivity contribution in [1.82, 2.24) is 0 Å². The van der Waals surface area contributed by atoms with Gasteiger partial charge >= 0.3 is 0 Å². The molecule has 0 bridgehead atoms. The van der Waals surface area contributed by atoms with Crippen LogP contribution in [0.3, 0.4) is 0 Å². The minimum absolute atomic E-state index is 0.0836. The average Bonchev–Trinajstić information content (AvgIpc) is 3.05. The van der Waals surface area contributed by atoms with E-state index in [0.29, 0.717) is 35.2 Å². The highest BCUT2D eigenvalue weighted by atomic mass is 32.2. The van der Waals surface area contributed by atoms with Gasteiger partial charge in [-0.2, -0.15) is 5.26 Å². The molecule has 2 aromatic rings. The topological polar surface area (TPSA) is 82.4 Å². The molecule has 1 aliphatic heterocycles. The number of carbonyl (C=O) groups excluding carboxylic acids is 2. The van der Waals surface area contributed by atoms with E-state index in [-0.39, 0.29) is 16.7 Å². The predicted molar refractivity (Wildman–Crippen MR) is 119 cm³/mol. The molecule has 0 spiro atoms. The molecule has 1 atom stereocenters. The molecule has 1 unspecified atom stereocenters. The van der Waals surface area contributed by atoms with Crippen molar-refractivity contribution in [2.75, 3.05) is 16.8 Å². The van der Waals surface area contributed by atoms with Gasteiger partial charge in [-0.3, -0.25) is 14.5 Å². The van der Waals surface area contributed by atoms with Gasteiger partial charge in [-0.25, -0.2) is 0 Å². The minimum atomic E-state index is -0.536. The van der Waals surface area contributed by atoms with Crippen molar-refractivity contribution in [2.45, 2.75) is 32.4 Å². The Balaban J connectivity index is 1.99. The molecule has 1 heterocycles. The summed E-state index contributed by atoms with van der Waals surface area (Å²) in [7, 11) is 0. The zero-order chi connectivity index (χ0) is 21.7. The van der Waals surface area contributed by atoms with Gasteiger partial charge in [-0.15, -0.1) is 0 Å². The van der Waals surface area contributed by atoms with Gasteiger partial charge in [-0.05, 0) is 62.2 Å². The molecule has 3 rings (SSSR count). The van der Waals surface area contributed by atoms with Crippen molar-refractivity contribution < 1.29 is 14.3 Å². The quantitative estimate of drug-likeness (QED) is 0.543. The fourth-order valence-electron chi connectivity index (χ4n) is 3.13. The second-order valence-electron chi connectivity index (χ2n) is 6.73. The minimum Gasteiger partial charge on any atom is -0.494 e. The molecular weight excluding hydrogens is 398 g/mol. The number of hydrogen-bond acceptors (Lipinski definition) is 5. The monoisotopic (exact) mass is 421 g/mol. The molecule has 0 aromatic heterocycles. The number of aryl methyl sites for hydroxylation is 1. The van der Waals surface area contributed by atoms with E-state index < -0.39 is 5.91 Å². The normalized spacial score (nSPS) is 17.5. The molecule has 0 aliphatic carbocycles. The van der Waals surface area contributed by atoms with Gasteiger partial charge in [0.25, 0.3) is 5.91 Å². The maximum atomic E-state index is 13.0. The van der Waals surface area contributed by atoms with Gasteiger partial charge in [0.15, 0.2) is 0 Å². The molecule has 0 radical (unpaired) electrons. The third-order valence-corrected chi connectivity index (χ3v) is 5.99. The Morgan fingerprint density at radius 1 is 1.23 bits per heavy atom. The smallest absolute Gasteiger partial charge is 0.269 e. The first-order chi connectivity index (χ1) is 14.5. The Labute approximate surface area is 180 Å². The number of hydrogen-bond donors (Lipinski definition) is 1. The van der Waals surface area contributed by atoms with Crippen LogP contribution in [0.2, 0.25) is 0 Å². The summed E-state index contributed by atoms with van der Waals surface area (Å²) in [5.41, 5.74) is 2.10. The summed E-state index contributed by atoms with van der Waals surface area (Å²) in [4.78, 5) is 27.4. The first kappa shape index (κ1) is 21.5. The van der Waals surface area contributed by atoms with Crippen LogP contribution in [0.4, 0.5) is 11.4 Å². The Bertz CT molecular complexity index is 1020. The lowest BCUT2D eigenvalue weighted by Crippen LogP contribution is -2.29. The molecule has 30 heavy (non-hydrogen) atoms. The second kappa shape index (κ2) is 9.51. The highest BCUT2D eigenvalue weighted by molar-refractivity contribution is 8.05. The van der Waals surface area contributed by atoms with Crippen LogP contribution < -0.4 is 15.0 Å². The lowest BCUT2D eigenvalue weighted by atomic mass is 10.2. The number of nitrogens with one attached hydrogen (secondary N) is 1. The SMILES string of the molecule is CCOc1ccc(N2C(=O)C(CC)S/C2=C(/C#N)C(=O)Nc2cccc(C)c2)cc1. The van der Waals surface area contributed by atoms with Crippen LogP contribution >= 0.6 is 11.8 Å². The van der Waals surface area contributed by atoms with E-state index in [2.05, 4.69) is 5.32 Å². The van der Waals surface area contributed by atoms with Gasteiger partial charge in [0.05, 0.1) is 11.9 Å². The Hall–Kier alpha value is -3.24. The van der Waals surface area contributed by atoms with Gasteiger partial charge in [0, 0.05) is 11.4 Å². The summed E-state index contributed by atoms with van der Waals surface area (Å²) >= 11 is 1.25. The predicted octanol–water partition coefficient (Wildman–Crippen LogP) is 4.63. The lowest BCUT2D eigenvalue weighted by Gasteiger charge is -2.19. The highest BCUT2D eigenvalue weighted by Crippen LogP contribution is 2.42. The number of thioether (sulfide) groups is 1. The number of nitrogens with zero attached hydrogens (tertiary/aromatic N) is 2. The zero-order valence-electron chi connectivity index (χ0n) is 17.1. The molecule has 6 nitrogen and oxygen atoms in total. The van der Waals surface area contributed by atoms with Gasteiger partial charge in [0.2, 0.25) is 5.91 Å². The number of ether oxygens (including phenoxy) is 1. The molecule has 154 valence electrons. The van der Waals surface area contributed by atoms with E-state index in [1.165, 1.54) is 16.7 Å². The summed E-state index contributed by atoms with van der Waals surface area (Å²) in [5.74, 6) is 0.0136. The Morgan fingerprint density at radius 2 is 1.97 bits per heavy atom. The standard InChI is InChI=1S/C23H23N3O3S/c1-4-20-22(28)26(17-9-11-18(12-10-17)29-5-2)23(30-20)19(14-24)21(27)25-16-8-6-7-15(3)13-16/h6-13,20H,4-5H2,1-3H3,(H,25,27)/b23-19-. The fraction of sp³-hybridized carbons (Fsp3) is 0.261. The molecule has 1 fully saturated rings. The number of nitriles is 1. The summed E-state index contributed by atoms with van der Waals surface area (Å²) in [6.45, 7) is 6.27. The van der Waals surface area contributed by atoms with Crippen molar-refractivity contribution >= 4 is 35.0 Å². The first-order valence-electron chi connectivity index (χ1n) is 9.74. The van der Waals surface area contributed by atoms with E-state index >= 15 is 0 Å². The maximum Gasteiger partial charge on any atom is 0.269 e. The number of anilines is 2. The molecular formula is C23H23N3O3S. The molecule has 0 saturated carbocycles. The first-order valence-corrected chi connectivity index (χ1v) is 10.6. The summed E-state index contributed by atoms with van der Waals surface area (Å²) in [6, 6.07) is 16.4. The largest absolute Gasteiger partial charge is 0.494 e. The van der Waals surface area contributed by atoms with Crippen molar-refractivity contribution in [3.63, 3.8) is 0 Å². The maximum absolute atomic E-state index is 13.0. The molecule has 1 saturated heterocycles. The highest BCUT2D eigenvalue weighted by Gasteiger charge is 2.39. The molecule has 2 amide bonds. The van der Waals surface area contributed by atoms with Gasteiger partial charge in [0.1, 0.15) is 22.4 Å². The van der Waals surface area contributed by atoms with Gasteiger partial charge in [-0.1, -0.05) is 30.8 Å². The molecule has 7 heteroatoms. The van der Waals surface area contributed by atoms with Crippen LogP contribution in [-0.4, -0.2) is 23.7 Å². The van der Waals surface area contributed by atoms with E-state index in [1.54, 1.807) is 30.3 Å². The van der Waals surface area contributed by atoms with Crippen LogP contribution in [0.5, 0.6) is 5.75 Å². The number of carbonyl (C=O) groups is 2. The Morgan fingerprint density at radius 3 is 2.57 bits per heavy atom. The van der Waals surface area contributed by atoms with Crippen LogP contribution in [0.25, 0.3) is 0 Å². The number of amides is 2. The molecule has 2 aromatic carbocycles. The molecule has 1 N–H and O–H groups in total. The second-order valence-corrected chi connectivity index (χ2v) is 7.92. The van der Waals surface area contributed by atoms with Crippen LogP contribution in [-0.2, 0) is 9.59 Å². The third-order valence-electron chi connectivity index (χ3n) is 4.56. The van der Waals surface area contributed by atoms with Crippen molar-refractivity contribution in [3.8, 4) is 11.8 Å². The van der Waals surface area contributed by atoms with E-state index in [9.17, 15) is 14.9 Å². The van der Waals surface area contributed by atoms with Crippen molar-refractivity contribution in [2.24, 2.45) is 0 Å². The number of rotatable bonds is 6. The van der Waals surface area contributed by atoms with Crippen molar-refractivity contribution in [3.05, 3.63) is 64.7 Å². The van der Waals surface area contributed by atoms with E-state index in [1.807, 2.05) is 45.0 Å². The lowest BCUT2D eigenvalue weighted by molar-refractivity contribution is -0.117. The summed E-state index contributed by atoms with van der Waals surface area (Å²) < 4.78 is 5.47. The fourth-order valence-corrected chi connectivity index (χ4v) is 4.32.